The van der Waals surface area contributed by atoms with Crippen molar-refractivity contribution in [1.82, 2.24) is 10.2 Å². The molecule has 5 nitrogen and oxygen atoms in total. The molecule has 2 rings (SSSR count). The molecule has 1 aromatic carbocycles. The third-order valence-corrected chi connectivity index (χ3v) is 3.26. The Kier molecular flexibility index (Phi) is 3.72. The summed E-state index contributed by atoms with van der Waals surface area (Å²) in [6.07, 6.45) is 1.07. The predicted molar refractivity (Wildman–Crippen MR) is 67.7 cm³/mol. The third-order valence-electron chi connectivity index (χ3n) is 3.26. The van der Waals surface area contributed by atoms with Crippen LogP contribution in [0.25, 0.3) is 0 Å². The molecule has 5 heteroatoms. The maximum absolute atomic E-state index is 11.9. The van der Waals surface area contributed by atoms with E-state index in [2.05, 4.69) is 17.3 Å². The SMILES string of the molecule is CN1CCC(CNC(=O)c2cc(O)ccc2O)C1. The lowest BCUT2D eigenvalue weighted by Gasteiger charge is -2.12. The number of aromatic hydroxyl groups is 2. The van der Waals surface area contributed by atoms with Gasteiger partial charge in [0.1, 0.15) is 11.5 Å². The van der Waals surface area contributed by atoms with Crippen LogP contribution in [0.2, 0.25) is 0 Å². The number of hydrogen-bond donors (Lipinski definition) is 3. The van der Waals surface area contributed by atoms with Crippen LogP contribution in [0.15, 0.2) is 18.2 Å². The Balaban J connectivity index is 1.93. The Morgan fingerprint density at radius 1 is 1.50 bits per heavy atom. The van der Waals surface area contributed by atoms with E-state index in [4.69, 9.17) is 0 Å². The van der Waals surface area contributed by atoms with Gasteiger partial charge in [-0.25, -0.2) is 0 Å². The standard InChI is InChI=1S/C13H18N2O3/c1-15-5-4-9(8-15)7-14-13(18)11-6-10(16)2-3-12(11)17/h2-3,6,9,16-17H,4-5,7-8H2,1H3,(H,14,18). The minimum atomic E-state index is -0.349. The first-order chi connectivity index (χ1) is 8.56. The largest absolute Gasteiger partial charge is 0.508 e. The van der Waals surface area contributed by atoms with Gasteiger partial charge in [0, 0.05) is 13.1 Å². The molecule has 1 unspecified atom stereocenters. The van der Waals surface area contributed by atoms with E-state index in [0.717, 1.165) is 19.5 Å². The van der Waals surface area contributed by atoms with Crippen molar-refractivity contribution in [3.8, 4) is 11.5 Å². The zero-order valence-corrected chi connectivity index (χ0v) is 10.4. The molecule has 1 aliphatic heterocycles. The zero-order valence-electron chi connectivity index (χ0n) is 10.4. The van der Waals surface area contributed by atoms with Crippen molar-refractivity contribution in [2.45, 2.75) is 6.42 Å². The van der Waals surface area contributed by atoms with Crippen LogP contribution >= 0.6 is 0 Å². The molecule has 0 spiro atoms. The van der Waals surface area contributed by atoms with E-state index < -0.39 is 0 Å². The summed E-state index contributed by atoms with van der Waals surface area (Å²) in [6.45, 7) is 2.63. The Bertz CT molecular complexity index is 448. The van der Waals surface area contributed by atoms with E-state index in [1.165, 1.54) is 18.2 Å². The van der Waals surface area contributed by atoms with E-state index >= 15 is 0 Å². The van der Waals surface area contributed by atoms with Crippen molar-refractivity contribution in [3.63, 3.8) is 0 Å². The van der Waals surface area contributed by atoms with E-state index in [9.17, 15) is 15.0 Å². The fourth-order valence-corrected chi connectivity index (χ4v) is 2.23. The van der Waals surface area contributed by atoms with Gasteiger partial charge in [-0.1, -0.05) is 0 Å². The average molecular weight is 250 g/mol. The van der Waals surface area contributed by atoms with Gasteiger partial charge in [-0.15, -0.1) is 0 Å². The molecule has 1 amide bonds. The highest BCUT2D eigenvalue weighted by Gasteiger charge is 2.20. The molecule has 0 aliphatic carbocycles. The predicted octanol–water partition coefficient (Wildman–Crippen LogP) is 0.779. The van der Waals surface area contributed by atoms with Crippen LogP contribution in [-0.2, 0) is 0 Å². The van der Waals surface area contributed by atoms with Gasteiger partial charge >= 0.3 is 0 Å². The summed E-state index contributed by atoms with van der Waals surface area (Å²) in [7, 11) is 2.06. The number of benzene rings is 1. The molecule has 1 aromatic rings. The van der Waals surface area contributed by atoms with Gasteiger partial charge < -0.3 is 20.4 Å². The topological polar surface area (TPSA) is 72.8 Å². The van der Waals surface area contributed by atoms with Crippen molar-refractivity contribution in [3.05, 3.63) is 23.8 Å². The third kappa shape index (κ3) is 2.92. The second-order valence-corrected chi connectivity index (χ2v) is 4.83. The van der Waals surface area contributed by atoms with Crippen LogP contribution in [0, 0.1) is 5.92 Å². The number of carbonyl (C=O) groups is 1. The van der Waals surface area contributed by atoms with Gasteiger partial charge in [0.05, 0.1) is 5.56 Å². The number of phenolic OH excluding ortho intramolecular Hbond substituents is 2. The molecule has 1 fully saturated rings. The normalized spacial score (nSPS) is 19.9. The molecule has 3 N–H and O–H groups in total. The number of likely N-dealkylation sites (tertiary alicyclic amines) is 1. The van der Waals surface area contributed by atoms with E-state index in [1.807, 2.05) is 0 Å². The van der Waals surface area contributed by atoms with Crippen molar-refractivity contribution in [2.24, 2.45) is 5.92 Å². The highest BCUT2D eigenvalue weighted by Crippen LogP contribution is 2.22. The summed E-state index contributed by atoms with van der Waals surface area (Å²) in [5.74, 6) is -0.0382. The van der Waals surface area contributed by atoms with Crippen LogP contribution in [-0.4, -0.2) is 47.7 Å². The Labute approximate surface area is 106 Å². The molecule has 0 radical (unpaired) electrons. The molecule has 1 saturated heterocycles. The number of nitrogens with one attached hydrogen (secondary N) is 1. The highest BCUT2D eigenvalue weighted by atomic mass is 16.3. The van der Waals surface area contributed by atoms with Crippen LogP contribution in [0.3, 0.4) is 0 Å². The zero-order chi connectivity index (χ0) is 13.1. The second-order valence-electron chi connectivity index (χ2n) is 4.83. The molecular formula is C13H18N2O3. The maximum atomic E-state index is 11.9. The molecule has 1 aliphatic rings. The number of amides is 1. The minimum absolute atomic E-state index is 0.0291. The first kappa shape index (κ1) is 12.7. The summed E-state index contributed by atoms with van der Waals surface area (Å²) in [5, 5.41) is 21.7. The smallest absolute Gasteiger partial charge is 0.255 e. The van der Waals surface area contributed by atoms with Gasteiger partial charge in [0.2, 0.25) is 0 Å². The average Bonchev–Trinajstić information content (AvgIpc) is 2.75. The van der Waals surface area contributed by atoms with E-state index in [1.54, 1.807) is 0 Å². The summed E-state index contributed by atoms with van der Waals surface area (Å²) in [5.41, 5.74) is 0.112. The summed E-state index contributed by atoms with van der Waals surface area (Å²) < 4.78 is 0. The van der Waals surface area contributed by atoms with Gasteiger partial charge in [0.25, 0.3) is 5.91 Å². The lowest BCUT2D eigenvalue weighted by molar-refractivity contribution is 0.0944. The molecule has 98 valence electrons. The van der Waals surface area contributed by atoms with Gasteiger partial charge in [-0.3, -0.25) is 4.79 Å². The number of phenols is 2. The fourth-order valence-electron chi connectivity index (χ4n) is 2.23. The number of hydrogen-bond acceptors (Lipinski definition) is 4. The Morgan fingerprint density at radius 2 is 2.28 bits per heavy atom. The van der Waals surface area contributed by atoms with Gasteiger partial charge in [-0.05, 0) is 44.1 Å². The fraction of sp³-hybridized carbons (Fsp3) is 0.462. The van der Waals surface area contributed by atoms with Crippen molar-refractivity contribution < 1.29 is 15.0 Å². The minimum Gasteiger partial charge on any atom is -0.508 e. The van der Waals surface area contributed by atoms with Crippen molar-refractivity contribution >= 4 is 5.91 Å². The van der Waals surface area contributed by atoms with Crippen molar-refractivity contribution in [1.29, 1.82) is 0 Å². The van der Waals surface area contributed by atoms with E-state index in [-0.39, 0.29) is 23.0 Å². The summed E-state index contributed by atoms with van der Waals surface area (Å²) in [4.78, 5) is 14.1. The Morgan fingerprint density at radius 3 is 2.94 bits per heavy atom. The molecule has 1 heterocycles. The molecule has 1 atom stereocenters. The first-order valence-electron chi connectivity index (χ1n) is 6.05. The molecule has 0 saturated carbocycles. The molecular weight excluding hydrogens is 232 g/mol. The summed E-state index contributed by atoms with van der Waals surface area (Å²) in [6, 6.07) is 3.93. The second kappa shape index (κ2) is 5.27. The lowest BCUT2D eigenvalue weighted by atomic mass is 10.1. The number of carbonyl (C=O) groups excluding carboxylic acids is 1. The van der Waals surface area contributed by atoms with Crippen molar-refractivity contribution in [2.75, 3.05) is 26.7 Å². The summed E-state index contributed by atoms with van der Waals surface area (Å²) >= 11 is 0. The number of nitrogens with zero attached hydrogens (tertiary/aromatic N) is 1. The molecule has 0 aromatic heterocycles. The van der Waals surface area contributed by atoms with Crippen LogP contribution in [0.1, 0.15) is 16.8 Å². The first-order valence-corrected chi connectivity index (χ1v) is 6.05. The van der Waals surface area contributed by atoms with Gasteiger partial charge in [-0.2, -0.15) is 0 Å². The Hall–Kier alpha value is -1.75. The molecule has 0 bridgehead atoms. The molecule has 18 heavy (non-hydrogen) atoms. The monoisotopic (exact) mass is 250 g/mol. The van der Waals surface area contributed by atoms with Gasteiger partial charge in [0.15, 0.2) is 0 Å². The quantitative estimate of drug-likeness (QED) is 0.693. The van der Waals surface area contributed by atoms with Crippen LogP contribution in [0.5, 0.6) is 11.5 Å². The van der Waals surface area contributed by atoms with Crippen LogP contribution < -0.4 is 5.32 Å². The maximum Gasteiger partial charge on any atom is 0.255 e. The lowest BCUT2D eigenvalue weighted by Crippen LogP contribution is -2.30. The van der Waals surface area contributed by atoms with E-state index in [0.29, 0.717) is 12.5 Å². The number of rotatable bonds is 3. The highest BCUT2D eigenvalue weighted by molar-refractivity contribution is 5.97. The van der Waals surface area contributed by atoms with Crippen LogP contribution in [0.4, 0.5) is 0 Å².